The molecule has 1 aliphatic rings. The molecule has 1 N–H and O–H groups in total. The number of aryl methyl sites for hydroxylation is 3. The van der Waals surface area contributed by atoms with Crippen LogP contribution >= 0.6 is 11.3 Å². The third kappa shape index (κ3) is 3.80. The lowest BCUT2D eigenvalue weighted by molar-refractivity contribution is 0.103. The smallest absolute Gasteiger partial charge is 0.265 e. The highest BCUT2D eigenvalue weighted by Gasteiger charge is 2.22. The molecule has 4 rings (SSSR count). The number of amides is 1. The van der Waals surface area contributed by atoms with Crippen LogP contribution in [-0.2, 0) is 22.7 Å². The molecule has 7 heteroatoms. The maximum atomic E-state index is 12.9. The molecule has 0 saturated heterocycles. The van der Waals surface area contributed by atoms with Crippen LogP contribution in [0.2, 0.25) is 0 Å². The fraction of sp³-hybridized carbons (Fsp3) is 0.227. The van der Waals surface area contributed by atoms with Gasteiger partial charge in [0.1, 0.15) is 5.75 Å². The molecule has 5 nitrogen and oxygen atoms in total. The summed E-state index contributed by atoms with van der Waals surface area (Å²) in [4.78, 5) is 14.8. The number of benzene rings is 2. The Kier molecular flexibility index (Phi) is 4.96. The van der Waals surface area contributed by atoms with Crippen molar-refractivity contribution in [2.24, 2.45) is 0 Å². The zero-order valence-corrected chi connectivity index (χ0v) is 18.0. The summed E-state index contributed by atoms with van der Waals surface area (Å²) in [6.45, 7) is 1.84. The number of anilines is 1. The third-order valence-corrected chi connectivity index (χ3v) is 7.46. The maximum Gasteiger partial charge on any atom is 0.265 e. The van der Waals surface area contributed by atoms with Crippen molar-refractivity contribution in [2.45, 2.75) is 24.7 Å². The Balaban J connectivity index is 1.64. The Hall–Kier alpha value is -2.64. The number of fused-ring (bicyclic) bond motifs is 3. The van der Waals surface area contributed by atoms with Gasteiger partial charge in [-0.3, -0.25) is 4.79 Å². The summed E-state index contributed by atoms with van der Waals surface area (Å²) in [7, 11) is -1.69. The zero-order chi connectivity index (χ0) is 20.8. The molecule has 0 saturated carbocycles. The van der Waals surface area contributed by atoms with Crippen LogP contribution in [0.15, 0.2) is 47.4 Å². The van der Waals surface area contributed by atoms with Crippen molar-refractivity contribution in [3.8, 4) is 16.2 Å². The van der Waals surface area contributed by atoms with E-state index < -0.39 is 9.84 Å². The van der Waals surface area contributed by atoms with E-state index in [2.05, 4.69) is 11.4 Å². The van der Waals surface area contributed by atoms with Crippen molar-refractivity contribution in [1.82, 2.24) is 0 Å². The Morgan fingerprint density at radius 2 is 1.83 bits per heavy atom. The molecule has 1 amide bonds. The summed E-state index contributed by atoms with van der Waals surface area (Å²) in [5.41, 5.74) is 4.85. The van der Waals surface area contributed by atoms with Crippen LogP contribution in [0.5, 0.6) is 5.75 Å². The molecule has 3 aromatic rings. The van der Waals surface area contributed by atoms with Gasteiger partial charge in [-0.15, -0.1) is 11.3 Å². The van der Waals surface area contributed by atoms with Crippen LogP contribution in [0, 0.1) is 6.92 Å². The normalized spacial score (nSPS) is 12.8. The SMILES string of the molecule is COc1ccc2c(c1)CCc1cc(C(=O)Nc3cc(S(C)(=O)=O)ccc3C)sc1-2. The molecule has 1 aromatic heterocycles. The van der Waals surface area contributed by atoms with E-state index >= 15 is 0 Å². The molecule has 29 heavy (non-hydrogen) atoms. The molecular formula is C22H21NO4S2. The van der Waals surface area contributed by atoms with Crippen molar-refractivity contribution < 1.29 is 17.9 Å². The lowest BCUT2D eigenvalue weighted by Crippen LogP contribution is -2.12. The largest absolute Gasteiger partial charge is 0.497 e. The van der Waals surface area contributed by atoms with Crippen LogP contribution < -0.4 is 10.1 Å². The van der Waals surface area contributed by atoms with Crippen LogP contribution in [0.4, 0.5) is 5.69 Å². The van der Waals surface area contributed by atoms with Gasteiger partial charge in [-0.25, -0.2) is 8.42 Å². The van der Waals surface area contributed by atoms with Crippen molar-refractivity contribution in [2.75, 3.05) is 18.7 Å². The predicted octanol–water partition coefficient (Wildman–Crippen LogP) is 4.49. The number of carbonyl (C=O) groups excluding carboxylic acids is 1. The van der Waals surface area contributed by atoms with Crippen LogP contribution in [0.25, 0.3) is 10.4 Å². The van der Waals surface area contributed by atoms with E-state index in [0.717, 1.165) is 40.9 Å². The molecule has 0 radical (unpaired) electrons. The van der Waals surface area contributed by atoms with Gasteiger partial charge in [-0.05, 0) is 78.4 Å². The fourth-order valence-corrected chi connectivity index (χ4v) is 5.31. The second-order valence-corrected chi connectivity index (χ2v) is 10.3. The lowest BCUT2D eigenvalue weighted by Gasteiger charge is -2.16. The molecular weight excluding hydrogens is 406 g/mol. The van der Waals surface area contributed by atoms with Crippen molar-refractivity contribution >= 4 is 32.8 Å². The van der Waals surface area contributed by atoms with E-state index in [9.17, 15) is 13.2 Å². The van der Waals surface area contributed by atoms with E-state index in [0.29, 0.717) is 10.6 Å². The molecule has 0 aliphatic heterocycles. The molecule has 0 spiro atoms. The lowest BCUT2D eigenvalue weighted by atomic mass is 9.91. The van der Waals surface area contributed by atoms with Gasteiger partial charge in [-0.1, -0.05) is 6.07 Å². The summed E-state index contributed by atoms with van der Waals surface area (Å²) in [6.07, 6.45) is 2.94. The second kappa shape index (κ2) is 7.31. The number of sulfone groups is 1. The number of nitrogens with one attached hydrogen (secondary N) is 1. The topological polar surface area (TPSA) is 72.5 Å². The van der Waals surface area contributed by atoms with Crippen molar-refractivity contribution in [3.05, 3.63) is 64.0 Å². The molecule has 150 valence electrons. The minimum atomic E-state index is -3.34. The Morgan fingerprint density at radius 1 is 1.07 bits per heavy atom. The number of rotatable bonds is 4. The molecule has 0 atom stereocenters. The Labute approximate surface area is 174 Å². The molecule has 0 unspecified atom stereocenters. The average Bonchev–Trinajstić information content (AvgIpc) is 3.13. The van der Waals surface area contributed by atoms with Gasteiger partial charge in [0, 0.05) is 16.8 Å². The highest BCUT2D eigenvalue weighted by molar-refractivity contribution is 7.90. The molecule has 1 heterocycles. The molecule has 0 bridgehead atoms. The van der Waals surface area contributed by atoms with E-state index in [1.807, 2.05) is 25.1 Å². The van der Waals surface area contributed by atoms with Gasteiger partial charge in [-0.2, -0.15) is 0 Å². The van der Waals surface area contributed by atoms with Gasteiger partial charge in [0.25, 0.3) is 5.91 Å². The molecule has 1 aliphatic carbocycles. The number of ether oxygens (including phenoxy) is 1. The van der Waals surface area contributed by atoms with Gasteiger partial charge in [0.05, 0.1) is 16.9 Å². The molecule has 0 fully saturated rings. The Bertz CT molecular complexity index is 1230. The summed E-state index contributed by atoms with van der Waals surface area (Å²) < 4.78 is 29.0. The van der Waals surface area contributed by atoms with E-state index in [4.69, 9.17) is 4.74 Å². The Morgan fingerprint density at radius 3 is 2.55 bits per heavy atom. The summed E-state index contributed by atoms with van der Waals surface area (Å²) in [5, 5.41) is 2.88. The van der Waals surface area contributed by atoms with Gasteiger partial charge in [0.15, 0.2) is 9.84 Å². The fourth-order valence-electron chi connectivity index (χ4n) is 3.50. The first-order valence-corrected chi connectivity index (χ1v) is 11.9. The monoisotopic (exact) mass is 427 g/mol. The first-order chi connectivity index (χ1) is 13.8. The summed E-state index contributed by atoms with van der Waals surface area (Å²) in [6, 6.07) is 12.7. The first kappa shape index (κ1) is 19.7. The van der Waals surface area contributed by atoms with E-state index in [1.54, 1.807) is 19.2 Å². The van der Waals surface area contributed by atoms with Gasteiger partial charge in [0.2, 0.25) is 0 Å². The minimum absolute atomic E-state index is 0.187. The number of thiophene rings is 1. The summed E-state index contributed by atoms with van der Waals surface area (Å²) >= 11 is 1.46. The van der Waals surface area contributed by atoms with Gasteiger partial charge >= 0.3 is 0 Å². The quantitative estimate of drug-likeness (QED) is 0.666. The standard InChI is InChI=1S/C22H21NO4S2/c1-13-4-8-17(29(3,25)26)12-19(13)23-22(24)20-11-15-6-5-14-10-16(27-2)7-9-18(14)21(15)28-20/h4,7-12H,5-6H2,1-3H3,(H,23,24). The highest BCUT2D eigenvalue weighted by Crippen LogP contribution is 2.41. The highest BCUT2D eigenvalue weighted by atomic mass is 32.2. The number of hydrogen-bond acceptors (Lipinski definition) is 5. The van der Waals surface area contributed by atoms with Crippen LogP contribution in [0.3, 0.4) is 0 Å². The van der Waals surface area contributed by atoms with E-state index in [-0.39, 0.29) is 10.8 Å². The maximum absolute atomic E-state index is 12.9. The number of methoxy groups -OCH3 is 1. The van der Waals surface area contributed by atoms with Crippen LogP contribution in [0.1, 0.15) is 26.4 Å². The summed E-state index contributed by atoms with van der Waals surface area (Å²) in [5.74, 6) is 0.608. The molecule has 2 aromatic carbocycles. The van der Waals surface area contributed by atoms with Gasteiger partial charge < -0.3 is 10.1 Å². The number of carbonyl (C=O) groups is 1. The van der Waals surface area contributed by atoms with Crippen molar-refractivity contribution in [3.63, 3.8) is 0 Å². The first-order valence-electron chi connectivity index (χ1n) is 9.18. The van der Waals surface area contributed by atoms with E-state index in [1.165, 1.54) is 28.5 Å². The second-order valence-electron chi connectivity index (χ2n) is 7.19. The minimum Gasteiger partial charge on any atom is -0.497 e. The van der Waals surface area contributed by atoms with Crippen LogP contribution in [-0.4, -0.2) is 27.7 Å². The third-order valence-electron chi connectivity index (χ3n) is 5.14. The van der Waals surface area contributed by atoms with Crippen molar-refractivity contribution in [1.29, 1.82) is 0 Å². The average molecular weight is 428 g/mol. The predicted molar refractivity (Wildman–Crippen MR) is 116 cm³/mol. The zero-order valence-electron chi connectivity index (χ0n) is 16.4. The number of hydrogen-bond donors (Lipinski definition) is 1.